The standard InChI is InChI=1S/C23H29N3O3/c1-4-15(2)21(23(28)25-18-9-11-19(29-3)12-10-18)26-22(27)20-13-16-7-5-6-8-17(16)14-24-20/h5-12,15,20-21,24H,4,13-14H2,1-3H3,(H,25,28)(H,26,27)/t15-,20+,21-/m0/s1. The first-order valence-corrected chi connectivity index (χ1v) is 10.1. The van der Waals surface area contributed by atoms with Gasteiger partial charge in [0.15, 0.2) is 0 Å². The zero-order valence-corrected chi connectivity index (χ0v) is 17.2. The lowest BCUT2D eigenvalue weighted by molar-refractivity contribution is -0.129. The maximum atomic E-state index is 12.9. The van der Waals surface area contributed by atoms with Gasteiger partial charge in [-0.2, -0.15) is 0 Å². The van der Waals surface area contributed by atoms with Crippen molar-refractivity contribution in [2.24, 2.45) is 5.92 Å². The van der Waals surface area contributed by atoms with Gasteiger partial charge in [-0.15, -0.1) is 0 Å². The molecule has 0 bridgehead atoms. The van der Waals surface area contributed by atoms with Gasteiger partial charge in [-0.3, -0.25) is 9.59 Å². The SMILES string of the molecule is CC[C@H](C)[C@H](NC(=O)[C@H]1Cc2ccccc2CN1)C(=O)Nc1ccc(OC)cc1. The van der Waals surface area contributed by atoms with Crippen LogP contribution in [0.25, 0.3) is 0 Å². The van der Waals surface area contributed by atoms with Crippen LogP contribution >= 0.6 is 0 Å². The summed E-state index contributed by atoms with van der Waals surface area (Å²) >= 11 is 0. The van der Waals surface area contributed by atoms with Crippen molar-refractivity contribution in [3.8, 4) is 5.75 Å². The summed E-state index contributed by atoms with van der Waals surface area (Å²) in [5.74, 6) is 0.371. The van der Waals surface area contributed by atoms with Crippen molar-refractivity contribution < 1.29 is 14.3 Å². The van der Waals surface area contributed by atoms with Crippen molar-refractivity contribution in [1.29, 1.82) is 0 Å². The van der Waals surface area contributed by atoms with E-state index in [-0.39, 0.29) is 23.8 Å². The van der Waals surface area contributed by atoms with Gasteiger partial charge in [0.1, 0.15) is 11.8 Å². The summed E-state index contributed by atoms with van der Waals surface area (Å²) in [4.78, 5) is 25.8. The maximum absolute atomic E-state index is 12.9. The van der Waals surface area contributed by atoms with Crippen LogP contribution in [0.4, 0.5) is 5.69 Å². The van der Waals surface area contributed by atoms with E-state index in [9.17, 15) is 9.59 Å². The van der Waals surface area contributed by atoms with Crippen LogP contribution in [-0.2, 0) is 22.6 Å². The number of carbonyl (C=O) groups is 2. The molecule has 6 nitrogen and oxygen atoms in total. The van der Waals surface area contributed by atoms with Crippen LogP contribution in [0.5, 0.6) is 5.75 Å². The Balaban J connectivity index is 1.66. The molecular weight excluding hydrogens is 366 g/mol. The van der Waals surface area contributed by atoms with Gasteiger partial charge in [0, 0.05) is 12.2 Å². The predicted molar refractivity (Wildman–Crippen MR) is 114 cm³/mol. The summed E-state index contributed by atoms with van der Waals surface area (Å²) in [6, 6.07) is 14.3. The number of carbonyl (C=O) groups excluding carboxylic acids is 2. The van der Waals surface area contributed by atoms with Crippen molar-refractivity contribution >= 4 is 17.5 Å². The molecule has 2 aromatic carbocycles. The van der Waals surface area contributed by atoms with Crippen LogP contribution in [0.15, 0.2) is 48.5 Å². The van der Waals surface area contributed by atoms with Gasteiger partial charge in [-0.25, -0.2) is 0 Å². The normalized spacial score (nSPS) is 17.6. The van der Waals surface area contributed by atoms with Crippen molar-refractivity contribution in [2.75, 3.05) is 12.4 Å². The third-order valence-corrected chi connectivity index (χ3v) is 5.55. The molecule has 3 rings (SSSR count). The van der Waals surface area contributed by atoms with E-state index in [0.717, 1.165) is 12.2 Å². The van der Waals surface area contributed by atoms with E-state index in [0.29, 0.717) is 18.7 Å². The number of hydrogen-bond donors (Lipinski definition) is 3. The minimum absolute atomic E-state index is 0.00748. The van der Waals surface area contributed by atoms with Gasteiger partial charge in [0.25, 0.3) is 0 Å². The van der Waals surface area contributed by atoms with Gasteiger partial charge in [-0.05, 0) is 47.7 Å². The molecule has 1 aliphatic heterocycles. The molecule has 0 radical (unpaired) electrons. The number of ether oxygens (including phenoxy) is 1. The molecule has 1 heterocycles. The second kappa shape index (κ2) is 9.56. The monoisotopic (exact) mass is 395 g/mol. The fraction of sp³-hybridized carbons (Fsp3) is 0.391. The molecule has 154 valence electrons. The highest BCUT2D eigenvalue weighted by Gasteiger charge is 2.30. The predicted octanol–water partition coefficient (Wildman–Crippen LogP) is 2.88. The highest BCUT2D eigenvalue weighted by Crippen LogP contribution is 2.19. The quantitative estimate of drug-likeness (QED) is 0.674. The van der Waals surface area contributed by atoms with Crippen LogP contribution in [0.3, 0.4) is 0 Å². The number of fused-ring (bicyclic) bond motifs is 1. The van der Waals surface area contributed by atoms with E-state index in [1.807, 2.05) is 26.0 Å². The number of methoxy groups -OCH3 is 1. The lowest BCUT2D eigenvalue weighted by atomic mass is 9.94. The van der Waals surface area contributed by atoms with Crippen LogP contribution < -0.4 is 20.7 Å². The van der Waals surface area contributed by atoms with E-state index >= 15 is 0 Å². The summed E-state index contributed by atoms with van der Waals surface area (Å²) in [5.41, 5.74) is 3.06. The van der Waals surface area contributed by atoms with Crippen LogP contribution in [0, 0.1) is 5.92 Å². The minimum Gasteiger partial charge on any atom is -0.497 e. The fourth-order valence-electron chi connectivity index (χ4n) is 3.49. The summed E-state index contributed by atoms with van der Waals surface area (Å²) in [7, 11) is 1.60. The highest BCUT2D eigenvalue weighted by atomic mass is 16.5. The molecule has 3 atom stereocenters. The topological polar surface area (TPSA) is 79.5 Å². The molecule has 2 aromatic rings. The Morgan fingerprint density at radius 2 is 1.83 bits per heavy atom. The Morgan fingerprint density at radius 1 is 1.14 bits per heavy atom. The largest absolute Gasteiger partial charge is 0.497 e. The van der Waals surface area contributed by atoms with Crippen molar-refractivity contribution in [3.05, 3.63) is 59.7 Å². The Morgan fingerprint density at radius 3 is 2.48 bits per heavy atom. The van der Waals surface area contributed by atoms with Crippen molar-refractivity contribution in [1.82, 2.24) is 10.6 Å². The second-order valence-electron chi connectivity index (χ2n) is 7.50. The summed E-state index contributed by atoms with van der Waals surface area (Å²) in [6.07, 6.45) is 1.40. The number of rotatable bonds is 7. The van der Waals surface area contributed by atoms with E-state index in [4.69, 9.17) is 4.74 Å². The second-order valence-corrected chi connectivity index (χ2v) is 7.50. The van der Waals surface area contributed by atoms with E-state index in [1.54, 1.807) is 31.4 Å². The van der Waals surface area contributed by atoms with Gasteiger partial charge >= 0.3 is 0 Å². The van der Waals surface area contributed by atoms with E-state index in [2.05, 4.69) is 28.1 Å². The van der Waals surface area contributed by atoms with Crippen LogP contribution in [0.1, 0.15) is 31.4 Å². The molecule has 6 heteroatoms. The molecule has 0 saturated carbocycles. The van der Waals surface area contributed by atoms with E-state index in [1.165, 1.54) is 11.1 Å². The average Bonchev–Trinajstić information content (AvgIpc) is 2.76. The Hall–Kier alpha value is -2.86. The number of hydrogen-bond acceptors (Lipinski definition) is 4. The Bertz CT molecular complexity index is 851. The molecular formula is C23H29N3O3. The smallest absolute Gasteiger partial charge is 0.247 e. The highest BCUT2D eigenvalue weighted by molar-refractivity contribution is 5.98. The van der Waals surface area contributed by atoms with Gasteiger partial charge in [-0.1, -0.05) is 44.5 Å². The Labute approximate surface area is 172 Å². The first-order chi connectivity index (χ1) is 14.0. The number of nitrogens with one attached hydrogen (secondary N) is 3. The summed E-state index contributed by atoms with van der Waals surface area (Å²) in [6.45, 7) is 4.64. The first kappa shape index (κ1) is 20.9. The zero-order valence-electron chi connectivity index (χ0n) is 17.2. The van der Waals surface area contributed by atoms with Crippen LogP contribution in [-0.4, -0.2) is 31.0 Å². The van der Waals surface area contributed by atoms with Gasteiger partial charge < -0.3 is 20.7 Å². The zero-order chi connectivity index (χ0) is 20.8. The third kappa shape index (κ3) is 5.15. The number of benzene rings is 2. The molecule has 0 aromatic heterocycles. The number of anilines is 1. The molecule has 2 amide bonds. The van der Waals surface area contributed by atoms with Gasteiger partial charge in [0.05, 0.1) is 13.2 Å². The fourth-order valence-corrected chi connectivity index (χ4v) is 3.49. The first-order valence-electron chi connectivity index (χ1n) is 10.1. The summed E-state index contributed by atoms with van der Waals surface area (Å²) in [5, 5.41) is 9.16. The average molecular weight is 396 g/mol. The lowest BCUT2D eigenvalue weighted by Crippen LogP contribution is -2.55. The van der Waals surface area contributed by atoms with Crippen molar-refractivity contribution in [3.63, 3.8) is 0 Å². The molecule has 0 aliphatic carbocycles. The summed E-state index contributed by atoms with van der Waals surface area (Å²) < 4.78 is 5.15. The molecule has 1 aliphatic rings. The molecule has 0 saturated heterocycles. The molecule has 0 unspecified atom stereocenters. The molecule has 29 heavy (non-hydrogen) atoms. The van der Waals surface area contributed by atoms with Gasteiger partial charge in [0.2, 0.25) is 11.8 Å². The molecule has 0 fully saturated rings. The molecule has 3 N–H and O–H groups in total. The Kier molecular flexibility index (Phi) is 6.88. The third-order valence-electron chi connectivity index (χ3n) is 5.55. The van der Waals surface area contributed by atoms with Crippen LogP contribution in [0.2, 0.25) is 0 Å². The minimum atomic E-state index is -0.603. The van der Waals surface area contributed by atoms with E-state index < -0.39 is 6.04 Å². The lowest BCUT2D eigenvalue weighted by Gasteiger charge is -2.29. The van der Waals surface area contributed by atoms with Crippen molar-refractivity contribution in [2.45, 2.75) is 45.3 Å². The molecule has 0 spiro atoms. The maximum Gasteiger partial charge on any atom is 0.247 e. The number of amides is 2.